The molecule has 1 heterocycles. The molecule has 2 aromatic carbocycles. The Morgan fingerprint density at radius 3 is 2.69 bits per heavy atom. The number of rotatable bonds is 5. The van der Waals surface area contributed by atoms with Crippen LogP contribution >= 0.6 is 22.9 Å². The molecule has 0 saturated carbocycles. The van der Waals surface area contributed by atoms with Crippen molar-refractivity contribution < 1.29 is 4.79 Å². The summed E-state index contributed by atoms with van der Waals surface area (Å²) in [6, 6.07) is 18.7. The van der Waals surface area contributed by atoms with Crippen LogP contribution in [0.1, 0.15) is 31.5 Å². The van der Waals surface area contributed by atoms with Crippen molar-refractivity contribution >= 4 is 40.0 Å². The van der Waals surface area contributed by atoms with Gasteiger partial charge in [0.05, 0.1) is 16.7 Å². The number of hydrogen-bond donors (Lipinski definition) is 1. The van der Waals surface area contributed by atoms with Crippen LogP contribution in [0.15, 0.2) is 54.6 Å². The predicted molar refractivity (Wildman–Crippen MR) is 102 cm³/mol. The number of benzene rings is 2. The van der Waals surface area contributed by atoms with Gasteiger partial charge in [0, 0.05) is 6.54 Å². The summed E-state index contributed by atoms with van der Waals surface area (Å²) in [4.78, 5) is 12.2. The fourth-order valence-corrected chi connectivity index (χ4v) is 3.12. The normalized spacial score (nSPS) is 11.0. The Balaban J connectivity index is 1.69. The molecule has 0 aliphatic heterocycles. The molecule has 7 heteroatoms. The van der Waals surface area contributed by atoms with Gasteiger partial charge in [0.25, 0.3) is 5.91 Å². The third kappa shape index (κ3) is 4.54. The summed E-state index contributed by atoms with van der Waals surface area (Å²) in [5.41, 5.74) is 2.32. The first-order valence-corrected chi connectivity index (χ1v) is 8.88. The summed E-state index contributed by atoms with van der Waals surface area (Å²) in [7, 11) is 0. The van der Waals surface area contributed by atoms with Crippen molar-refractivity contribution in [3.63, 3.8) is 0 Å². The van der Waals surface area contributed by atoms with Gasteiger partial charge < -0.3 is 5.32 Å². The van der Waals surface area contributed by atoms with Crippen molar-refractivity contribution in [2.24, 2.45) is 0 Å². The molecule has 0 aliphatic rings. The highest BCUT2D eigenvalue weighted by Crippen LogP contribution is 2.25. The molecule has 0 aliphatic carbocycles. The van der Waals surface area contributed by atoms with Crippen molar-refractivity contribution in [2.75, 3.05) is 0 Å². The number of carbonyl (C=O) groups excluding carboxylic acids is 1. The smallest absolute Gasteiger partial charge is 0.282 e. The fourth-order valence-electron chi connectivity index (χ4n) is 2.17. The number of nitrogens with one attached hydrogen (secondary N) is 1. The van der Waals surface area contributed by atoms with E-state index in [0.717, 1.165) is 22.5 Å². The third-order valence-electron chi connectivity index (χ3n) is 3.43. The minimum atomic E-state index is -0.298. The summed E-state index contributed by atoms with van der Waals surface area (Å²) in [5, 5.41) is 20.7. The van der Waals surface area contributed by atoms with Crippen LogP contribution in [0.2, 0.25) is 0 Å². The van der Waals surface area contributed by atoms with Crippen LogP contribution in [0.3, 0.4) is 0 Å². The summed E-state index contributed by atoms with van der Waals surface area (Å²) in [5.74, 6) is -0.298. The highest BCUT2D eigenvalue weighted by molar-refractivity contribution is 7.15. The maximum Gasteiger partial charge on any atom is 0.282 e. The Labute approximate surface area is 159 Å². The second-order valence-electron chi connectivity index (χ2n) is 5.31. The van der Waals surface area contributed by atoms with Crippen LogP contribution in [-0.4, -0.2) is 16.1 Å². The molecular weight excluding hydrogens is 368 g/mol. The molecule has 0 radical (unpaired) electrons. The van der Waals surface area contributed by atoms with Gasteiger partial charge in [-0.25, -0.2) is 0 Å². The number of hydrogen-bond acceptors (Lipinski definition) is 5. The molecule has 3 aromatic rings. The second-order valence-corrected chi connectivity index (χ2v) is 6.69. The van der Waals surface area contributed by atoms with E-state index in [0.29, 0.717) is 22.1 Å². The predicted octanol–water partition coefficient (Wildman–Crippen LogP) is 4.08. The van der Waals surface area contributed by atoms with Crippen molar-refractivity contribution in [3.8, 4) is 6.07 Å². The lowest BCUT2D eigenvalue weighted by Crippen LogP contribution is -2.22. The highest BCUT2D eigenvalue weighted by atomic mass is 35.5. The van der Waals surface area contributed by atoms with Gasteiger partial charge in [0.1, 0.15) is 0 Å². The van der Waals surface area contributed by atoms with E-state index in [4.69, 9.17) is 16.9 Å². The van der Waals surface area contributed by atoms with E-state index in [1.54, 1.807) is 24.3 Å². The molecule has 1 amide bonds. The van der Waals surface area contributed by atoms with Gasteiger partial charge in [-0.05, 0) is 29.3 Å². The summed E-state index contributed by atoms with van der Waals surface area (Å²) in [6.45, 7) is 0.416. The van der Waals surface area contributed by atoms with Gasteiger partial charge in [-0.2, -0.15) is 5.26 Å². The number of halogens is 1. The minimum Gasteiger partial charge on any atom is -0.346 e. The van der Waals surface area contributed by atoms with Crippen molar-refractivity contribution in [2.45, 2.75) is 6.54 Å². The third-order valence-corrected chi connectivity index (χ3v) is 4.78. The van der Waals surface area contributed by atoms with E-state index in [1.165, 1.54) is 0 Å². The first-order valence-electron chi connectivity index (χ1n) is 7.69. The SMILES string of the molecule is N#Cc1cccc(/C=C(\Cl)c2nnc(C(=O)NCc3ccccc3)s2)c1. The average molecular weight is 381 g/mol. The van der Waals surface area contributed by atoms with Gasteiger partial charge >= 0.3 is 0 Å². The summed E-state index contributed by atoms with van der Waals surface area (Å²) >= 11 is 7.40. The molecule has 0 fully saturated rings. The largest absolute Gasteiger partial charge is 0.346 e. The van der Waals surface area contributed by atoms with E-state index in [1.807, 2.05) is 36.4 Å². The monoisotopic (exact) mass is 380 g/mol. The quantitative estimate of drug-likeness (QED) is 0.723. The molecule has 0 atom stereocenters. The lowest BCUT2D eigenvalue weighted by Gasteiger charge is -2.02. The zero-order chi connectivity index (χ0) is 18.4. The Hall–Kier alpha value is -3.01. The second kappa shape index (κ2) is 8.39. The van der Waals surface area contributed by atoms with Gasteiger partial charge in [0.2, 0.25) is 5.01 Å². The first kappa shape index (κ1) is 17.8. The van der Waals surface area contributed by atoms with Crippen LogP contribution in [-0.2, 0) is 6.54 Å². The van der Waals surface area contributed by atoms with E-state index in [2.05, 4.69) is 21.6 Å². The van der Waals surface area contributed by atoms with E-state index >= 15 is 0 Å². The maximum atomic E-state index is 12.2. The van der Waals surface area contributed by atoms with Gasteiger partial charge in [-0.15, -0.1) is 10.2 Å². The molecule has 26 heavy (non-hydrogen) atoms. The minimum absolute atomic E-state index is 0.244. The molecule has 1 N–H and O–H groups in total. The lowest BCUT2D eigenvalue weighted by atomic mass is 10.1. The first-order chi connectivity index (χ1) is 12.7. The van der Waals surface area contributed by atoms with E-state index < -0.39 is 0 Å². The van der Waals surface area contributed by atoms with E-state index in [9.17, 15) is 4.79 Å². The molecule has 0 spiro atoms. The van der Waals surface area contributed by atoms with Crippen LogP contribution in [0.4, 0.5) is 0 Å². The Morgan fingerprint density at radius 2 is 1.92 bits per heavy atom. The molecular formula is C19H13ClN4OS. The fraction of sp³-hybridized carbons (Fsp3) is 0.0526. The summed E-state index contributed by atoms with van der Waals surface area (Å²) in [6.07, 6.45) is 1.69. The van der Waals surface area contributed by atoms with Crippen molar-refractivity contribution in [1.82, 2.24) is 15.5 Å². The zero-order valence-corrected chi connectivity index (χ0v) is 15.1. The Bertz CT molecular complexity index is 992. The van der Waals surface area contributed by atoms with Gasteiger partial charge in [0.15, 0.2) is 5.01 Å². The van der Waals surface area contributed by atoms with Crippen LogP contribution in [0.25, 0.3) is 11.1 Å². The van der Waals surface area contributed by atoms with Crippen molar-refractivity contribution in [1.29, 1.82) is 5.26 Å². The molecule has 0 unspecified atom stereocenters. The maximum absolute atomic E-state index is 12.2. The zero-order valence-electron chi connectivity index (χ0n) is 13.5. The molecule has 1 aromatic heterocycles. The van der Waals surface area contributed by atoms with Crippen LogP contribution in [0, 0.1) is 11.3 Å². The topological polar surface area (TPSA) is 78.7 Å². The lowest BCUT2D eigenvalue weighted by molar-refractivity contribution is 0.0950. The van der Waals surface area contributed by atoms with Crippen LogP contribution in [0.5, 0.6) is 0 Å². The number of carbonyl (C=O) groups is 1. The molecule has 128 valence electrons. The Kier molecular flexibility index (Phi) is 5.74. The van der Waals surface area contributed by atoms with Crippen molar-refractivity contribution in [3.05, 3.63) is 81.3 Å². The van der Waals surface area contributed by atoms with Crippen LogP contribution < -0.4 is 5.32 Å². The summed E-state index contributed by atoms with van der Waals surface area (Å²) < 4.78 is 0. The number of amides is 1. The number of nitrogens with zero attached hydrogens (tertiary/aromatic N) is 3. The number of nitriles is 1. The molecule has 3 rings (SSSR count). The molecule has 0 bridgehead atoms. The standard InChI is InChI=1S/C19H13ClN4OS/c20-16(10-14-7-4-8-15(9-14)11-21)18-23-24-19(26-18)17(25)22-12-13-5-2-1-3-6-13/h1-10H,12H2,(H,22,25)/b16-10-. The van der Waals surface area contributed by atoms with E-state index in [-0.39, 0.29) is 10.9 Å². The highest BCUT2D eigenvalue weighted by Gasteiger charge is 2.14. The van der Waals surface area contributed by atoms with Gasteiger partial charge in [-0.3, -0.25) is 4.79 Å². The molecule has 0 saturated heterocycles. The van der Waals surface area contributed by atoms with Gasteiger partial charge in [-0.1, -0.05) is 65.4 Å². The Morgan fingerprint density at radius 1 is 1.15 bits per heavy atom. The number of aromatic nitrogens is 2. The average Bonchev–Trinajstić information content (AvgIpc) is 3.17. The molecule has 5 nitrogen and oxygen atoms in total.